The van der Waals surface area contributed by atoms with Gasteiger partial charge in [0.1, 0.15) is 5.60 Å². The van der Waals surface area contributed by atoms with Crippen molar-refractivity contribution in [2.24, 2.45) is 7.05 Å². The van der Waals surface area contributed by atoms with E-state index in [1.54, 1.807) is 0 Å². The highest BCUT2D eigenvalue weighted by molar-refractivity contribution is 6.05. The van der Waals surface area contributed by atoms with Crippen molar-refractivity contribution in [2.75, 3.05) is 18.9 Å². The maximum Gasteiger partial charge on any atom is 0.256 e. The van der Waals surface area contributed by atoms with Gasteiger partial charge in [0.15, 0.2) is 0 Å². The quantitative estimate of drug-likeness (QED) is 0.583. The standard InChI is InChI=1S/C20H20N4O2/c1-20(11-26-20)10-24-9-15-14(5-6-16(21)18(15)19(24)25)12-3-4-13-8-22-23(2)17(13)7-12/h3-8H,9-11,21H2,1-2H3. The predicted octanol–water partition coefficient (Wildman–Crippen LogP) is 2.57. The largest absolute Gasteiger partial charge is 0.398 e. The van der Waals surface area contributed by atoms with Gasteiger partial charge in [-0.3, -0.25) is 9.48 Å². The molecule has 3 heterocycles. The zero-order valence-electron chi connectivity index (χ0n) is 14.8. The molecule has 0 radical (unpaired) electrons. The Labute approximate surface area is 151 Å². The van der Waals surface area contributed by atoms with Gasteiger partial charge in [0.25, 0.3) is 5.91 Å². The molecule has 3 aromatic rings. The van der Waals surface area contributed by atoms with Gasteiger partial charge >= 0.3 is 0 Å². The number of hydrogen-bond acceptors (Lipinski definition) is 4. The molecule has 2 aliphatic rings. The molecule has 1 aromatic heterocycles. The van der Waals surface area contributed by atoms with Gasteiger partial charge in [-0.05, 0) is 35.7 Å². The van der Waals surface area contributed by atoms with Gasteiger partial charge < -0.3 is 15.4 Å². The molecule has 1 unspecified atom stereocenters. The first-order valence-corrected chi connectivity index (χ1v) is 8.72. The highest BCUT2D eigenvalue weighted by Crippen LogP contribution is 2.38. The van der Waals surface area contributed by atoms with E-state index >= 15 is 0 Å². The van der Waals surface area contributed by atoms with Crippen molar-refractivity contribution in [1.82, 2.24) is 14.7 Å². The van der Waals surface area contributed by atoms with Gasteiger partial charge in [0.05, 0.1) is 30.4 Å². The molecule has 2 aliphatic heterocycles. The van der Waals surface area contributed by atoms with Crippen molar-refractivity contribution < 1.29 is 9.53 Å². The first-order chi connectivity index (χ1) is 12.5. The third kappa shape index (κ3) is 2.22. The number of aryl methyl sites for hydroxylation is 1. The number of anilines is 1. The summed E-state index contributed by atoms with van der Waals surface area (Å²) in [7, 11) is 1.93. The maximum absolute atomic E-state index is 12.9. The average molecular weight is 348 g/mol. The lowest BCUT2D eigenvalue weighted by Crippen LogP contribution is -2.33. The Balaban J connectivity index is 1.61. The van der Waals surface area contributed by atoms with Crippen LogP contribution in [-0.2, 0) is 18.3 Å². The van der Waals surface area contributed by atoms with Crippen LogP contribution in [0.25, 0.3) is 22.0 Å². The van der Waals surface area contributed by atoms with E-state index in [0.29, 0.717) is 30.9 Å². The molecule has 1 amide bonds. The summed E-state index contributed by atoms with van der Waals surface area (Å²) in [5.41, 5.74) is 11.3. The first-order valence-electron chi connectivity index (χ1n) is 8.72. The minimum Gasteiger partial charge on any atom is -0.398 e. The Morgan fingerprint density at radius 2 is 2.12 bits per heavy atom. The van der Waals surface area contributed by atoms with Crippen LogP contribution in [0, 0.1) is 0 Å². The zero-order chi connectivity index (χ0) is 18.1. The lowest BCUT2D eigenvalue weighted by atomic mass is 9.95. The predicted molar refractivity (Wildman–Crippen MR) is 99.7 cm³/mol. The van der Waals surface area contributed by atoms with E-state index in [4.69, 9.17) is 10.5 Å². The first kappa shape index (κ1) is 15.4. The molecule has 2 aromatic carbocycles. The minimum absolute atomic E-state index is 0.00214. The van der Waals surface area contributed by atoms with Crippen LogP contribution in [0.4, 0.5) is 5.69 Å². The van der Waals surface area contributed by atoms with Crippen LogP contribution >= 0.6 is 0 Å². The third-order valence-electron chi connectivity index (χ3n) is 5.42. The lowest BCUT2D eigenvalue weighted by molar-refractivity contribution is 0.0738. The van der Waals surface area contributed by atoms with E-state index in [0.717, 1.165) is 27.6 Å². The van der Waals surface area contributed by atoms with Crippen LogP contribution < -0.4 is 5.73 Å². The number of benzene rings is 2. The second-order valence-corrected chi connectivity index (χ2v) is 7.50. The number of epoxide rings is 1. The average Bonchev–Trinajstić information content (AvgIpc) is 3.10. The molecule has 132 valence electrons. The van der Waals surface area contributed by atoms with Crippen LogP contribution in [0.1, 0.15) is 22.8 Å². The van der Waals surface area contributed by atoms with Gasteiger partial charge in [0.2, 0.25) is 0 Å². The van der Waals surface area contributed by atoms with Crippen molar-refractivity contribution in [1.29, 1.82) is 0 Å². The van der Waals surface area contributed by atoms with Crippen LogP contribution in [0.3, 0.4) is 0 Å². The zero-order valence-corrected chi connectivity index (χ0v) is 14.8. The second kappa shape index (κ2) is 5.08. The fourth-order valence-electron chi connectivity index (χ4n) is 3.83. The van der Waals surface area contributed by atoms with Gasteiger partial charge in [-0.25, -0.2) is 0 Å². The number of nitrogen functional groups attached to an aromatic ring is 1. The Morgan fingerprint density at radius 1 is 1.31 bits per heavy atom. The molecule has 6 nitrogen and oxygen atoms in total. The number of aromatic nitrogens is 2. The number of fused-ring (bicyclic) bond motifs is 2. The van der Waals surface area contributed by atoms with Crippen molar-refractivity contribution in [3.63, 3.8) is 0 Å². The van der Waals surface area contributed by atoms with E-state index in [1.807, 2.05) is 41.9 Å². The van der Waals surface area contributed by atoms with Crippen molar-refractivity contribution in [3.05, 3.63) is 47.7 Å². The lowest BCUT2D eigenvalue weighted by Gasteiger charge is -2.18. The summed E-state index contributed by atoms with van der Waals surface area (Å²) in [6, 6.07) is 10.1. The van der Waals surface area contributed by atoms with E-state index < -0.39 is 0 Å². The molecule has 6 heteroatoms. The third-order valence-corrected chi connectivity index (χ3v) is 5.42. The van der Waals surface area contributed by atoms with Crippen LogP contribution in [-0.4, -0.2) is 39.3 Å². The van der Waals surface area contributed by atoms with Crippen molar-refractivity contribution >= 4 is 22.5 Å². The van der Waals surface area contributed by atoms with Gasteiger partial charge in [-0.15, -0.1) is 0 Å². The molecular weight excluding hydrogens is 328 g/mol. The summed E-state index contributed by atoms with van der Waals surface area (Å²) in [5.74, 6) is -0.00214. The number of carbonyl (C=O) groups is 1. The number of carbonyl (C=O) groups excluding carboxylic acids is 1. The van der Waals surface area contributed by atoms with E-state index in [-0.39, 0.29) is 11.5 Å². The number of hydrogen-bond donors (Lipinski definition) is 1. The van der Waals surface area contributed by atoms with Crippen LogP contribution in [0.15, 0.2) is 36.5 Å². The summed E-state index contributed by atoms with van der Waals surface area (Å²) in [6.45, 7) is 3.90. The monoisotopic (exact) mass is 348 g/mol. The van der Waals surface area contributed by atoms with Gasteiger partial charge in [-0.2, -0.15) is 5.10 Å². The van der Waals surface area contributed by atoms with E-state index in [1.165, 1.54) is 0 Å². The highest BCUT2D eigenvalue weighted by Gasteiger charge is 2.44. The topological polar surface area (TPSA) is 76.7 Å². The number of nitrogens with zero attached hydrogens (tertiary/aromatic N) is 3. The van der Waals surface area contributed by atoms with Crippen molar-refractivity contribution in [3.8, 4) is 11.1 Å². The fourth-order valence-corrected chi connectivity index (χ4v) is 3.83. The molecule has 1 saturated heterocycles. The number of ether oxygens (including phenoxy) is 1. The summed E-state index contributed by atoms with van der Waals surface area (Å²) >= 11 is 0. The summed E-state index contributed by atoms with van der Waals surface area (Å²) < 4.78 is 7.33. The normalized spacial score (nSPS) is 21.5. The molecule has 1 atom stereocenters. The molecule has 0 bridgehead atoms. The number of rotatable bonds is 3. The van der Waals surface area contributed by atoms with Gasteiger partial charge in [-0.1, -0.05) is 18.2 Å². The molecular formula is C20H20N4O2. The maximum atomic E-state index is 12.9. The fraction of sp³-hybridized carbons (Fsp3) is 0.300. The van der Waals surface area contributed by atoms with E-state index in [9.17, 15) is 4.79 Å². The summed E-state index contributed by atoms with van der Waals surface area (Å²) in [5, 5.41) is 5.41. The minimum atomic E-state index is -0.208. The second-order valence-electron chi connectivity index (χ2n) is 7.50. The van der Waals surface area contributed by atoms with Crippen molar-refractivity contribution in [2.45, 2.75) is 19.1 Å². The smallest absolute Gasteiger partial charge is 0.256 e. The Kier molecular flexibility index (Phi) is 3.01. The SMILES string of the molecule is Cn1ncc2ccc(-c3ccc(N)c4c3CN(CC3(C)CO3)C4=O)cc21. The number of nitrogens with two attached hydrogens (primary N) is 1. The van der Waals surface area contributed by atoms with Crippen LogP contribution in [0.2, 0.25) is 0 Å². The van der Waals surface area contributed by atoms with Gasteiger partial charge in [0, 0.05) is 24.7 Å². The Morgan fingerprint density at radius 3 is 2.88 bits per heavy atom. The summed E-state index contributed by atoms with van der Waals surface area (Å²) in [6.07, 6.45) is 1.86. The molecule has 0 saturated carbocycles. The molecule has 26 heavy (non-hydrogen) atoms. The Hall–Kier alpha value is -2.86. The Bertz CT molecular complexity index is 1070. The molecule has 1 fully saturated rings. The molecule has 0 spiro atoms. The molecule has 5 rings (SSSR count). The number of amides is 1. The molecule has 2 N–H and O–H groups in total. The van der Waals surface area contributed by atoms with E-state index in [2.05, 4.69) is 23.3 Å². The highest BCUT2D eigenvalue weighted by atomic mass is 16.6. The van der Waals surface area contributed by atoms with Crippen LogP contribution in [0.5, 0.6) is 0 Å². The summed E-state index contributed by atoms with van der Waals surface area (Å²) in [4.78, 5) is 14.8. The molecule has 0 aliphatic carbocycles.